The molecule has 34 heavy (non-hydrogen) atoms. The summed E-state index contributed by atoms with van der Waals surface area (Å²) in [6, 6.07) is 13.4. The van der Waals surface area contributed by atoms with E-state index in [-0.39, 0.29) is 37.1 Å². The number of amides is 1. The van der Waals surface area contributed by atoms with E-state index < -0.39 is 0 Å². The van der Waals surface area contributed by atoms with E-state index in [0.717, 1.165) is 42.5 Å². The minimum atomic E-state index is -0.257. The summed E-state index contributed by atoms with van der Waals surface area (Å²) in [6.07, 6.45) is 5.24. The van der Waals surface area contributed by atoms with Crippen molar-refractivity contribution in [2.45, 2.75) is 57.7 Å². The van der Waals surface area contributed by atoms with Crippen LogP contribution in [0.4, 0.5) is 5.82 Å². The number of ether oxygens (including phenoxy) is 2. The number of aromatic nitrogens is 3. The number of hydrogen-bond acceptors (Lipinski definition) is 7. The molecular formula is C25H29N5O4. The third kappa shape index (κ3) is 6.39. The summed E-state index contributed by atoms with van der Waals surface area (Å²) in [6.45, 7) is 5.79. The molecule has 1 aliphatic heterocycles. The van der Waals surface area contributed by atoms with Crippen LogP contribution in [0.2, 0.25) is 0 Å². The number of hydrogen-bond donors (Lipinski definition) is 1. The Labute approximate surface area is 198 Å². The van der Waals surface area contributed by atoms with Gasteiger partial charge >= 0.3 is 5.97 Å². The van der Waals surface area contributed by atoms with Gasteiger partial charge in [0.15, 0.2) is 5.82 Å². The summed E-state index contributed by atoms with van der Waals surface area (Å²) in [4.78, 5) is 28.5. The Bertz CT molecular complexity index is 1110. The molecule has 1 amide bonds. The molecule has 2 aromatic heterocycles. The lowest BCUT2D eigenvalue weighted by atomic mass is 10.1. The van der Waals surface area contributed by atoms with Crippen LogP contribution in [0.3, 0.4) is 0 Å². The van der Waals surface area contributed by atoms with Crippen LogP contribution in [0.1, 0.15) is 56.4 Å². The Hall–Kier alpha value is -3.77. The largest absolute Gasteiger partial charge is 0.463 e. The van der Waals surface area contributed by atoms with Gasteiger partial charge in [0.25, 0.3) is 0 Å². The number of rotatable bonds is 9. The number of nitrogens with zero attached hydrogens (tertiary/aromatic N) is 4. The summed E-state index contributed by atoms with van der Waals surface area (Å²) in [5.74, 6) is 0.189. The molecule has 178 valence electrons. The molecule has 2 atom stereocenters. The summed E-state index contributed by atoms with van der Waals surface area (Å²) in [5.41, 5.74) is 2.55. The first kappa shape index (κ1) is 24.9. The van der Waals surface area contributed by atoms with Gasteiger partial charge in [-0.25, -0.2) is 14.8 Å². The molecule has 1 saturated heterocycles. The maximum absolute atomic E-state index is 12.1. The summed E-state index contributed by atoms with van der Waals surface area (Å²) >= 11 is 0. The van der Waals surface area contributed by atoms with Crippen molar-refractivity contribution in [3.8, 4) is 6.57 Å². The lowest BCUT2D eigenvalue weighted by Crippen LogP contribution is -2.19. The van der Waals surface area contributed by atoms with Gasteiger partial charge < -0.3 is 14.8 Å². The lowest BCUT2D eigenvalue weighted by Gasteiger charge is -2.14. The maximum Gasteiger partial charge on any atom is 0.310 e. The highest BCUT2D eigenvalue weighted by Gasteiger charge is 2.30. The molecule has 9 nitrogen and oxygen atoms in total. The first-order valence-corrected chi connectivity index (χ1v) is 11.4. The number of esters is 1. The lowest BCUT2D eigenvalue weighted by molar-refractivity contribution is -0.146. The number of nitrogens with one attached hydrogen (secondary N) is 1. The first-order valence-electron chi connectivity index (χ1n) is 11.4. The fraction of sp³-hybridized carbons (Fsp3) is 0.400. The molecule has 9 heteroatoms. The first-order chi connectivity index (χ1) is 16.6. The van der Waals surface area contributed by atoms with Gasteiger partial charge in [0.2, 0.25) is 5.91 Å². The van der Waals surface area contributed by atoms with Crippen molar-refractivity contribution in [3.05, 3.63) is 60.0 Å². The van der Waals surface area contributed by atoms with Gasteiger partial charge in [-0.05, 0) is 37.0 Å². The second-order valence-electron chi connectivity index (χ2n) is 7.99. The summed E-state index contributed by atoms with van der Waals surface area (Å²) < 4.78 is 13.3. The van der Waals surface area contributed by atoms with Crippen LogP contribution in [0, 0.1) is 11.8 Å². The number of fused-ring (bicyclic) bond motifs is 1. The highest BCUT2D eigenvalue weighted by Crippen LogP contribution is 2.34. The van der Waals surface area contributed by atoms with Crippen molar-refractivity contribution in [3.63, 3.8) is 0 Å². The molecule has 1 N–H and O–H groups in total. The predicted octanol–water partition coefficient (Wildman–Crippen LogP) is 4.00. The highest BCUT2D eigenvalue weighted by molar-refractivity contribution is 5.93. The third-order valence-corrected chi connectivity index (χ3v) is 5.56. The molecule has 1 aliphatic rings. The Balaban J connectivity index is 0.00000158. The molecule has 0 bridgehead atoms. The normalized spacial score (nSPS) is 17.0. The average molecular weight is 464 g/mol. The SMILES string of the molecule is C#N.CCCCC(=O)Nc1ncnn2c(C3CCC(COC(=O)Cc4ccccc4)O3)ccc12. The van der Waals surface area contributed by atoms with E-state index in [9.17, 15) is 9.59 Å². The topological polar surface area (TPSA) is 119 Å². The number of anilines is 1. The van der Waals surface area contributed by atoms with Crippen molar-refractivity contribution in [1.82, 2.24) is 14.6 Å². The van der Waals surface area contributed by atoms with Crippen LogP contribution in [0.5, 0.6) is 0 Å². The minimum Gasteiger partial charge on any atom is -0.463 e. The zero-order valence-electron chi connectivity index (χ0n) is 19.2. The fourth-order valence-electron chi connectivity index (χ4n) is 3.87. The van der Waals surface area contributed by atoms with Gasteiger partial charge in [0.1, 0.15) is 24.6 Å². The number of carbonyl (C=O) groups excluding carboxylic acids is 2. The number of benzene rings is 1. The molecule has 0 aliphatic carbocycles. The van der Waals surface area contributed by atoms with Gasteiger partial charge in [0.05, 0.1) is 18.2 Å². The zero-order valence-corrected chi connectivity index (χ0v) is 19.2. The molecule has 1 aromatic carbocycles. The minimum absolute atomic E-state index is 0.0512. The van der Waals surface area contributed by atoms with Gasteiger partial charge in [-0.2, -0.15) is 5.10 Å². The quantitative estimate of drug-likeness (QED) is 0.476. The standard InChI is InChI=1S/C24H28N4O4.CHN/c1-2-3-9-22(29)27-24-20-12-11-19(28(20)26-16-25-24)21-13-10-18(32-21)15-31-23(30)14-17-7-5-4-6-8-17;1-2/h4-8,11-12,16,18,21H,2-3,9-10,13-15H2,1H3,(H,25,26,27,29);1H. The van der Waals surface area contributed by atoms with Crippen molar-refractivity contribution in [2.24, 2.45) is 0 Å². The van der Waals surface area contributed by atoms with Crippen LogP contribution in [0.25, 0.3) is 5.52 Å². The second kappa shape index (κ2) is 12.5. The average Bonchev–Trinajstić information content (AvgIpc) is 3.51. The van der Waals surface area contributed by atoms with Crippen molar-refractivity contribution < 1.29 is 19.1 Å². The molecule has 2 unspecified atom stereocenters. The molecule has 1 fully saturated rings. The van der Waals surface area contributed by atoms with Gasteiger partial charge in [0, 0.05) is 13.0 Å². The third-order valence-electron chi connectivity index (χ3n) is 5.56. The predicted molar refractivity (Wildman–Crippen MR) is 126 cm³/mol. The van der Waals surface area contributed by atoms with Crippen LogP contribution >= 0.6 is 0 Å². The highest BCUT2D eigenvalue weighted by atomic mass is 16.6. The molecular weight excluding hydrogens is 434 g/mol. The van der Waals surface area contributed by atoms with Crippen LogP contribution < -0.4 is 5.32 Å². The monoisotopic (exact) mass is 463 g/mol. The Morgan fingerprint density at radius 3 is 2.76 bits per heavy atom. The fourth-order valence-corrected chi connectivity index (χ4v) is 3.87. The number of nitriles is 1. The van der Waals surface area contributed by atoms with E-state index in [2.05, 4.69) is 28.9 Å². The second-order valence-corrected chi connectivity index (χ2v) is 7.99. The van der Waals surface area contributed by atoms with E-state index in [1.165, 1.54) is 6.33 Å². The molecule has 3 heterocycles. The van der Waals surface area contributed by atoms with Crippen LogP contribution in [0.15, 0.2) is 48.8 Å². The number of carbonyl (C=O) groups is 2. The molecule has 4 rings (SSSR count). The van der Waals surface area contributed by atoms with Crippen LogP contribution in [-0.4, -0.2) is 39.2 Å². The zero-order chi connectivity index (χ0) is 24.3. The Morgan fingerprint density at radius 2 is 2.00 bits per heavy atom. The van der Waals surface area contributed by atoms with Gasteiger partial charge in [-0.15, -0.1) is 0 Å². The molecule has 0 radical (unpaired) electrons. The van der Waals surface area contributed by atoms with E-state index in [1.807, 2.05) is 42.5 Å². The molecule has 0 spiro atoms. The van der Waals surface area contributed by atoms with Crippen molar-refractivity contribution >= 4 is 23.2 Å². The summed E-state index contributed by atoms with van der Waals surface area (Å²) in [7, 11) is 0. The van der Waals surface area contributed by atoms with Crippen molar-refractivity contribution in [1.29, 1.82) is 5.26 Å². The Morgan fingerprint density at radius 1 is 1.21 bits per heavy atom. The van der Waals surface area contributed by atoms with E-state index in [0.29, 0.717) is 12.2 Å². The van der Waals surface area contributed by atoms with E-state index in [1.54, 1.807) is 4.52 Å². The van der Waals surface area contributed by atoms with E-state index in [4.69, 9.17) is 14.7 Å². The Kier molecular flexibility index (Phi) is 9.12. The van der Waals surface area contributed by atoms with Crippen molar-refractivity contribution in [2.75, 3.05) is 11.9 Å². The van der Waals surface area contributed by atoms with Gasteiger partial charge in [-0.3, -0.25) is 9.59 Å². The number of unbranched alkanes of at least 4 members (excludes halogenated alkanes) is 1. The van der Waals surface area contributed by atoms with Crippen LogP contribution in [-0.2, 0) is 25.5 Å². The molecule has 3 aromatic rings. The van der Waals surface area contributed by atoms with Gasteiger partial charge in [-0.1, -0.05) is 43.7 Å². The maximum atomic E-state index is 12.1. The molecule has 0 saturated carbocycles. The smallest absolute Gasteiger partial charge is 0.310 e. The summed E-state index contributed by atoms with van der Waals surface area (Å²) in [5, 5.41) is 13.7. The van der Waals surface area contributed by atoms with E-state index >= 15 is 0 Å².